The molecule has 6 aliphatic heterocycles. The smallest absolute Gasteiger partial charge is 0.397 e. The van der Waals surface area contributed by atoms with Gasteiger partial charge in [0.05, 0.1) is 51.3 Å². The van der Waals surface area contributed by atoms with Crippen molar-refractivity contribution in [3.05, 3.63) is 0 Å². The van der Waals surface area contributed by atoms with Gasteiger partial charge in [0.1, 0.15) is 134 Å². The second kappa shape index (κ2) is 29.5. The fourth-order valence-corrected chi connectivity index (χ4v) is 10.7. The highest BCUT2D eigenvalue weighted by molar-refractivity contribution is 7.80. The molecule has 6 aliphatic rings. The van der Waals surface area contributed by atoms with Crippen molar-refractivity contribution in [2.24, 2.45) is 0 Å². The van der Waals surface area contributed by atoms with Gasteiger partial charge in [0.2, 0.25) is 17.7 Å². The van der Waals surface area contributed by atoms with Gasteiger partial charge >= 0.3 is 16.4 Å². The monoisotopic (exact) mass is 1270 g/mol. The number of aliphatic hydroxyl groups excluding tert-OH is 16. The predicted octanol–water partition coefficient (Wildman–Crippen LogP) is -13.6. The first-order valence-electron chi connectivity index (χ1n) is 26.2. The lowest BCUT2D eigenvalue weighted by Gasteiger charge is -2.51. The van der Waals surface area contributed by atoms with E-state index in [4.69, 9.17) is 52.1 Å². The van der Waals surface area contributed by atoms with Crippen molar-refractivity contribution in [1.29, 1.82) is 0 Å². The minimum atomic E-state index is -5.43. The molecule has 0 aromatic heterocycles. The number of ether oxygens (including phenoxy) is 11. The Morgan fingerprint density at radius 3 is 1.61 bits per heavy atom. The number of carbonyl (C=O) groups excluding carboxylic acids is 3. The van der Waals surface area contributed by atoms with Gasteiger partial charge in [0.25, 0.3) is 5.79 Å². The lowest BCUT2D eigenvalue weighted by atomic mass is 9.88. The van der Waals surface area contributed by atoms with Crippen LogP contribution in [0.4, 0.5) is 0 Å². The second-order valence-electron chi connectivity index (χ2n) is 20.9. The Kier molecular flexibility index (Phi) is 24.6. The number of hydrogen-bond acceptors (Lipinski definition) is 34. The lowest BCUT2D eigenvalue weighted by molar-refractivity contribution is -0.383. The highest BCUT2D eigenvalue weighted by atomic mass is 32.3. The van der Waals surface area contributed by atoms with Gasteiger partial charge in [0.15, 0.2) is 31.5 Å². The summed E-state index contributed by atoms with van der Waals surface area (Å²) in [5.41, 5.74) is 0. The number of carboxylic acids is 1. The molecule has 0 aromatic rings. The van der Waals surface area contributed by atoms with Crippen LogP contribution in [-0.4, -0.2) is 346 Å². The SMILES string of the molecule is CC(=O)N[C@@H]1[C@@H](O[C@@H]2O[C@H](CO)[C@H](O)[C@H](O[C@]3(C(=O)O)C[C@H](O)[C@@H](NC(C)=O)[C@H]([C@H](O)[C@H](O)CO)O3)[C@H]2O)[C@@H](O)[C@@H](CO[C@@H]2O[C@H](COS(=O)(=O)O)[C@@H](O[C@@H]3O[C@H](CO)[C@H](O)[C@H](O)[C@H]3O)[C@H](O[C@@H]3O[C@@H](C)[C@@H](O)[C@@H](O)[C@@H]3O)[C@H]2NC(C)=O)O[C@H]1O. The lowest BCUT2D eigenvalue weighted by Crippen LogP contribution is -2.71. The third kappa shape index (κ3) is 16.4. The van der Waals surface area contributed by atoms with Gasteiger partial charge in [0, 0.05) is 27.2 Å². The van der Waals surface area contributed by atoms with Crippen LogP contribution in [0.25, 0.3) is 0 Å². The van der Waals surface area contributed by atoms with Gasteiger partial charge in [-0.2, -0.15) is 8.42 Å². The summed E-state index contributed by atoms with van der Waals surface area (Å²) in [5.74, 6) is -8.12. The number of aliphatic carboxylic acids is 1. The summed E-state index contributed by atoms with van der Waals surface area (Å²) in [6.07, 6.45) is -57.5. The molecule has 492 valence electrons. The minimum Gasteiger partial charge on any atom is -0.477 e. The van der Waals surface area contributed by atoms with Crippen LogP contribution in [-0.2, 0) is 85.9 Å². The molecule has 0 spiro atoms. The Balaban J connectivity index is 1.34. The van der Waals surface area contributed by atoms with Gasteiger partial charge in [-0.25, -0.2) is 8.98 Å². The van der Waals surface area contributed by atoms with E-state index in [0.717, 1.165) is 20.8 Å². The minimum absolute atomic E-state index is 0.852. The predicted molar refractivity (Wildman–Crippen MR) is 260 cm³/mol. The average Bonchev–Trinajstić information content (AvgIpc) is 1.34. The maximum Gasteiger partial charge on any atom is 0.397 e. The van der Waals surface area contributed by atoms with Gasteiger partial charge in [-0.3, -0.25) is 18.9 Å². The molecule has 0 aliphatic carbocycles. The summed E-state index contributed by atoms with van der Waals surface area (Å²) < 4.78 is 102. The molecule has 0 bridgehead atoms. The highest BCUT2D eigenvalue weighted by Gasteiger charge is 2.61. The molecule has 6 rings (SSSR count). The molecule has 6 heterocycles. The molecule has 21 N–H and O–H groups in total. The number of rotatable bonds is 23. The van der Waals surface area contributed by atoms with E-state index in [9.17, 15) is 119 Å². The Bertz CT molecular complexity index is 2340. The van der Waals surface area contributed by atoms with Gasteiger partial charge in [-0.1, -0.05) is 0 Å². The molecule has 85 heavy (non-hydrogen) atoms. The summed E-state index contributed by atoms with van der Waals surface area (Å²) >= 11 is 0. The van der Waals surface area contributed by atoms with Crippen molar-refractivity contribution in [1.82, 2.24) is 16.0 Å². The van der Waals surface area contributed by atoms with Gasteiger partial charge in [-0.15, -0.1) is 0 Å². The molecular formula is C45H75N3O36S. The van der Waals surface area contributed by atoms with E-state index in [1.807, 2.05) is 0 Å². The molecule has 0 radical (unpaired) electrons. The van der Waals surface area contributed by atoms with Crippen molar-refractivity contribution in [2.75, 3.05) is 33.0 Å². The van der Waals surface area contributed by atoms with E-state index < -0.39 is 263 Å². The van der Waals surface area contributed by atoms with Crippen LogP contribution in [0.3, 0.4) is 0 Å². The normalized spacial score (nSPS) is 45.2. The van der Waals surface area contributed by atoms with Crippen molar-refractivity contribution in [2.45, 2.75) is 224 Å². The first-order valence-corrected chi connectivity index (χ1v) is 27.6. The molecule has 0 unspecified atom stereocenters. The van der Waals surface area contributed by atoms with Crippen molar-refractivity contribution in [3.8, 4) is 0 Å². The summed E-state index contributed by atoms with van der Waals surface area (Å²) in [4.78, 5) is 50.8. The van der Waals surface area contributed by atoms with Crippen LogP contribution >= 0.6 is 0 Å². The number of aliphatic hydroxyl groups is 16. The third-order valence-corrected chi connectivity index (χ3v) is 15.2. The van der Waals surface area contributed by atoms with Crippen molar-refractivity contribution in [3.63, 3.8) is 0 Å². The molecule has 0 aromatic carbocycles. The summed E-state index contributed by atoms with van der Waals surface area (Å²) in [7, 11) is -5.43. The van der Waals surface area contributed by atoms with E-state index in [2.05, 4.69) is 20.1 Å². The van der Waals surface area contributed by atoms with Gasteiger partial charge in [-0.05, 0) is 6.92 Å². The molecule has 6 saturated heterocycles. The van der Waals surface area contributed by atoms with Crippen LogP contribution in [0.1, 0.15) is 34.1 Å². The van der Waals surface area contributed by atoms with E-state index >= 15 is 0 Å². The topological polar surface area (TPSA) is 613 Å². The molecule has 0 saturated carbocycles. The van der Waals surface area contributed by atoms with Gasteiger partial charge < -0.3 is 155 Å². The standard InChI is InChI=1S/C45H75N3O36S/c1-11-24(57)29(62)31(64)41(75-11)82-37-23(48-14(4)54)40(79-20(10-74-85(70,71)72)34(37)80-42-32(65)30(63)26(59)17(7-50)77-42)73-9-19-28(61)35(22(39(67)76-19)47-13(3)53)81-43-33(66)38(27(60)18(8-51)78-43)84-45(44(68)69)5-15(55)21(46-12(2)52)36(83-45)25(58)16(56)6-49/h11,15-43,49-51,55-67H,5-10H2,1-4H3,(H,46,52)(H,47,53)(H,48,54)(H,68,69)(H,70,71,72)/t11-,15-,16+,17+,18+,19+,20+,21+,22+,23+,24+,25+,26-,27-,28-,29+,30-,31-,32+,33+,34+,35+,36+,37+,38-,39+,40+,41-,42-,43-,45-/m0/s1. The molecule has 6 fully saturated rings. The molecular weight excluding hydrogens is 1190 g/mol. The highest BCUT2D eigenvalue weighted by Crippen LogP contribution is 2.40. The molecule has 31 atom stereocenters. The quantitative estimate of drug-likeness (QED) is 0.0422. The van der Waals surface area contributed by atoms with Crippen LogP contribution < -0.4 is 16.0 Å². The molecule has 39 nitrogen and oxygen atoms in total. The zero-order valence-corrected chi connectivity index (χ0v) is 46.2. The first kappa shape index (κ1) is 70.8. The number of amides is 3. The number of carbonyl (C=O) groups is 4. The van der Waals surface area contributed by atoms with Crippen LogP contribution in [0.2, 0.25) is 0 Å². The maximum atomic E-state index is 13.1. The average molecular weight is 1270 g/mol. The van der Waals surface area contributed by atoms with E-state index in [1.165, 1.54) is 6.92 Å². The Morgan fingerprint density at radius 1 is 0.565 bits per heavy atom. The largest absolute Gasteiger partial charge is 0.477 e. The number of carboxylic acid groups (broad SMARTS) is 1. The van der Waals surface area contributed by atoms with Crippen molar-refractivity contribution >= 4 is 34.1 Å². The molecule has 40 heteroatoms. The Morgan fingerprint density at radius 2 is 1.06 bits per heavy atom. The zero-order chi connectivity index (χ0) is 63.5. The number of hydrogen-bond donors (Lipinski definition) is 21. The second-order valence-corrected chi connectivity index (χ2v) is 22.0. The van der Waals surface area contributed by atoms with Crippen LogP contribution in [0, 0.1) is 0 Å². The summed E-state index contributed by atoms with van der Waals surface area (Å²) in [5, 5.41) is 191. The summed E-state index contributed by atoms with van der Waals surface area (Å²) in [6.45, 7) is -1.72. The maximum absolute atomic E-state index is 13.1. The summed E-state index contributed by atoms with van der Waals surface area (Å²) in [6, 6.07) is -5.52. The number of nitrogens with one attached hydrogen (secondary N) is 3. The fourth-order valence-electron chi connectivity index (χ4n) is 10.4. The van der Waals surface area contributed by atoms with Crippen molar-refractivity contribution < 1.29 is 175 Å². The van der Waals surface area contributed by atoms with Crippen LogP contribution in [0.5, 0.6) is 0 Å². The fraction of sp³-hybridized carbons (Fsp3) is 0.911. The van der Waals surface area contributed by atoms with E-state index in [1.54, 1.807) is 0 Å². The third-order valence-electron chi connectivity index (χ3n) is 14.8. The first-order chi connectivity index (χ1) is 39.7. The molecule has 3 amide bonds. The zero-order valence-electron chi connectivity index (χ0n) is 45.4. The van der Waals surface area contributed by atoms with E-state index in [0.29, 0.717) is 0 Å². The Hall–Kier alpha value is -3.33. The van der Waals surface area contributed by atoms with Crippen LogP contribution in [0.15, 0.2) is 0 Å². The van der Waals surface area contributed by atoms with E-state index in [-0.39, 0.29) is 0 Å². The Labute approximate surface area is 481 Å².